The molecule has 118 valence electrons. The van der Waals surface area contributed by atoms with E-state index < -0.39 is 0 Å². The maximum atomic E-state index is 5.43. The molecule has 0 aliphatic carbocycles. The van der Waals surface area contributed by atoms with Crippen molar-refractivity contribution in [1.82, 2.24) is 0 Å². The molecule has 2 nitrogen and oxygen atoms in total. The molecular formula is C16H33ClMgO2. The Bertz CT molecular complexity index is 132. The Balaban J connectivity index is -0.00000144. The zero-order chi connectivity index (χ0) is 13.3. The molecule has 0 aromatic carbocycles. The van der Waals surface area contributed by atoms with Gasteiger partial charge in [0.1, 0.15) is 6.79 Å². The third-order valence-electron chi connectivity index (χ3n) is 3.09. The van der Waals surface area contributed by atoms with Crippen molar-refractivity contribution in [3.8, 4) is 0 Å². The first kappa shape index (κ1) is 25.9. The first-order valence-corrected chi connectivity index (χ1v) is 7.85. The quantitative estimate of drug-likeness (QED) is 0.198. The predicted molar refractivity (Wildman–Crippen MR) is 84.3 cm³/mol. The van der Waals surface area contributed by atoms with Gasteiger partial charge in [-0.15, -0.1) is 0 Å². The van der Waals surface area contributed by atoms with Gasteiger partial charge in [0.15, 0.2) is 0 Å². The summed E-state index contributed by atoms with van der Waals surface area (Å²) in [7, 11) is 0. The van der Waals surface area contributed by atoms with E-state index in [-0.39, 0.29) is 35.5 Å². The Hall–Kier alpha value is 0.976. The van der Waals surface area contributed by atoms with Crippen molar-refractivity contribution in [2.24, 2.45) is 0 Å². The molecule has 0 fully saturated rings. The Kier molecular flexibility index (Phi) is 32.3. The third-order valence-corrected chi connectivity index (χ3v) is 3.09. The molecule has 0 spiro atoms. The molecular weight excluding hydrogens is 284 g/mol. The first-order valence-electron chi connectivity index (χ1n) is 7.85. The van der Waals surface area contributed by atoms with Crippen LogP contribution in [0.3, 0.4) is 0 Å². The summed E-state index contributed by atoms with van der Waals surface area (Å²) in [6.07, 6.45) is 15.2. The standard InChI is InChI=1S/C16H33O2.ClH.Mg/c1-3-5-7-8-9-10-11-13-15-18-16-17-14-12-6-4-2;;/h4H,3,5-16H2,1-2H3;1H;/q-1;;+2/p-1. The predicted octanol–water partition coefficient (Wildman–Crippen LogP) is 1.75. The SMILES string of the molecule is C[CH-]CCCOCOCCCCCCCCCC.[Cl-].[Mg+2]. The van der Waals surface area contributed by atoms with Crippen molar-refractivity contribution < 1.29 is 21.9 Å². The molecule has 0 aromatic rings. The van der Waals surface area contributed by atoms with E-state index in [9.17, 15) is 0 Å². The summed E-state index contributed by atoms with van der Waals surface area (Å²) in [5.74, 6) is 0. The smallest absolute Gasteiger partial charge is 1.00 e. The van der Waals surface area contributed by atoms with Crippen molar-refractivity contribution in [1.29, 1.82) is 0 Å². The average Bonchev–Trinajstić information content (AvgIpc) is 2.39. The second-order valence-electron chi connectivity index (χ2n) is 4.96. The maximum absolute atomic E-state index is 5.43. The summed E-state index contributed by atoms with van der Waals surface area (Å²) in [5.41, 5.74) is 0. The van der Waals surface area contributed by atoms with Crippen molar-refractivity contribution in [3.05, 3.63) is 6.42 Å². The van der Waals surface area contributed by atoms with E-state index >= 15 is 0 Å². The van der Waals surface area contributed by atoms with E-state index in [1.807, 2.05) is 0 Å². The van der Waals surface area contributed by atoms with Gasteiger partial charge in [0.05, 0.1) is 0 Å². The third kappa shape index (κ3) is 24.0. The van der Waals surface area contributed by atoms with Crippen LogP contribution < -0.4 is 12.4 Å². The van der Waals surface area contributed by atoms with Gasteiger partial charge in [0.2, 0.25) is 0 Å². The minimum absolute atomic E-state index is 0. The van der Waals surface area contributed by atoms with Crippen LogP contribution in [0.15, 0.2) is 0 Å². The minimum atomic E-state index is 0. The summed E-state index contributed by atoms with van der Waals surface area (Å²) in [4.78, 5) is 0. The second kappa shape index (κ2) is 25.0. The molecule has 4 heteroatoms. The van der Waals surface area contributed by atoms with E-state index in [4.69, 9.17) is 9.47 Å². The van der Waals surface area contributed by atoms with Crippen LogP contribution in [0.4, 0.5) is 0 Å². The summed E-state index contributed by atoms with van der Waals surface area (Å²) >= 11 is 0. The molecule has 0 aromatic heterocycles. The molecule has 0 rings (SSSR count). The Labute approximate surface area is 149 Å². The summed E-state index contributed by atoms with van der Waals surface area (Å²) < 4.78 is 10.8. The van der Waals surface area contributed by atoms with Crippen LogP contribution in [-0.2, 0) is 9.47 Å². The molecule has 0 heterocycles. The Morgan fingerprint density at radius 3 is 1.80 bits per heavy atom. The van der Waals surface area contributed by atoms with Crippen LogP contribution in [0.5, 0.6) is 0 Å². The number of hydrogen-bond donors (Lipinski definition) is 0. The number of halogens is 1. The van der Waals surface area contributed by atoms with Gasteiger partial charge in [-0.1, -0.05) is 58.3 Å². The summed E-state index contributed by atoms with van der Waals surface area (Å²) in [6, 6.07) is 0. The fourth-order valence-electron chi connectivity index (χ4n) is 1.90. The zero-order valence-corrected chi connectivity index (χ0v) is 15.8. The molecule has 20 heavy (non-hydrogen) atoms. The van der Waals surface area contributed by atoms with Gasteiger partial charge in [-0.3, -0.25) is 0 Å². The van der Waals surface area contributed by atoms with Crippen LogP contribution >= 0.6 is 0 Å². The minimum Gasteiger partial charge on any atom is -1.00 e. The molecule has 0 saturated carbocycles. The molecule has 0 aliphatic rings. The van der Waals surface area contributed by atoms with Gasteiger partial charge < -0.3 is 28.3 Å². The van der Waals surface area contributed by atoms with E-state index in [0.29, 0.717) is 6.79 Å². The van der Waals surface area contributed by atoms with Crippen LogP contribution in [-0.4, -0.2) is 43.1 Å². The number of ether oxygens (including phenoxy) is 2. The average molecular weight is 317 g/mol. The van der Waals surface area contributed by atoms with Crippen LogP contribution in [0, 0.1) is 6.42 Å². The summed E-state index contributed by atoms with van der Waals surface area (Å²) in [5, 5.41) is 0. The fraction of sp³-hybridized carbons (Fsp3) is 0.938. The monoisotopic (exact) mass is 316 g/mol. The zero-order valence-electron chi connectivity index (χ0n) is 13.7. The largest absolute Gasteiger partial charge is 2.00 e. The van der Waals surface area contributed by atoms with Crippen molar-refractivity contribution >= 4 is 23.1 Å². The van der Waals surface area contributed by atoms with Gasteiger partial charge in [0.25, 0.3) is 0 Å². The van der Waals surface area contributed by atoms with E-state index in [1.54, 1.807) is 0 Å². The normalized spacial score (nSPS) is 9.90. The number of unbranched alkanes of at least 4 members (excludes halogenated alkanes) is 9. The summed E-state index contributed by atoms with van der Waals surface area (Å²) in [6.45, 7) is 6.50. The molecule has 0 N–H and O–H groups in total. The van der Waals surface area contributed by atoms with E-state index in [2.05, 4.69) is 20.3 Å². The molecule has 0 aliphatic heterocycles. The van der Waals surface area contributed by atoms with Gasteiger partial charge >= 0.3 is 23.1 Å². The maximum Gasteiger partial charge on any atom is 2.00 e. The topological polar surface area (TPSA) is 18.5 Å². The molecule has 0 unspecified atom stereocenters. The van der Waals surface area contributed by atoms with Crippen LogP contribution in [0.25, 0.3) is 0 Å². The van der Waals surface area contributed by atoms with Gasteiger partial charge in [-0.25, -0.2) is 0 Å². The fourth-order valence-corrected chi connectivity index (χ4v) is 1.90. The molecule has 0 saturated heterocycles. The van der Waals surface area contributed by atoms with Crippen LogP contribution in [0.1, 0.15) is 78.1 Å². The van der Waals surface area contributed by atoms with Crippen molar-refractivity contribution in [2.75, 3.05) is 20.0 Å². The van der Waals surface area contributed by atoms with Gasteiger partial charge in [-0.2, -0.15) is 13.3 Å². The molecule has 0 atom stereocenters. The van der Waals surface area contributed by atoms with Crippen LogP contribution in [0.2, 0.25) is 0 Å². The van der Waals surface area contributed by atoms with Gasteiger partial charge in [0, 0.05) is 13.2 Å². The Morgan fingerprint density at radius 2 is 1.25 bits per heavy atom. The first-order chi connectivity index (χ1) is 8.91. The Morgan fingerprint density at radius 1 is 0.750 bits per heavy atom. The van der Waals surface area contributed by atoms with E-state index in [0.717, 1.165) is 26.1 Å². The molecule has 0 bridgehead atoms. The molecule has 0 radical (unpaired) electrons. The van der Waals surface area contributed by atoms with Crippen molar-refractivity contribution in [2.45, 2.75) is 78.1 Å². The molecule has 0 amide bonds. The number of hydrogen-bond acceptors (Lipinski definition) is 2. The van der Waals surface area contributed by atoms with Gasteiger partial charge in [-0.05, 0) is 6.42 Å². The van der Waals surface area contributed by atoms with E-state index in [1.165, 1.54) is 51.4 Å². The van der Waals surface area contributed by atoms with Crippen molar-refractivity contribution in [3.63, 3.8) is 0 Å². The second-order valence-corrected chi connectivity index (χ2v) is 4.96. The number of rotatable bonds is 15.